The first-order chi connectivity index (χ1) is 13.8. The summed E-state index contributed by atoms with van der Waals surface area (Å²) < 4.78 is 27.2. The van der Waals surface area contributed by atoms with Crippen molar-refractivity contribution in [2.24, 2.45) is 4.99 Å². The third kappa shape index (κ3) is 4.33. The van der Waals surface area contributed by atoms with E-state index in [0.717, 1.165) is 41.1 Å². The van der Waals surface area contributed by atoms with Gasteiger partial charge in [-0.25, -0.2) is 4.99 Å². The zero-order chi connectivity index (χ0) is 19.2. The summed E-state index contributed by atoms with van der Waals surface area (Å²) in [6, 6.07) is 11.4. The number of nitrogens with zero attached hydrogens (tertiary/aromatic N) is 1. The molecule has 0 radical (unpaired) electrons. The molecule has 0 atom stereocenters. The first-order valence-corrected chi connectivity index (χ1v) is 9.25. The Morgan fingerprint density at radius 3 is 2.43 bits per heavy atom. The van der Waals surface area contributed by atoms with Crippen LogP contribution >= 0.6 is 0 Å². The minimum Gasteiger partial charge on any atom is -0.492 e. The zero-order valence-corrected chi connectivity index (χ0v) is 15.7. The van der Waals surface area contributed by atoms with Gasteiger partial charge in [0.15, 0.2) is 29.0 Å². The molecule has 0 saturated heterocycles. The molecule has 2 aromatic rings. The van der Waals surface area contributed by atoms with Crippen LogP contribution in [0, 0.1) is 0 Å². The highest BCUT2D eigenvalue weighted by molar-refractivity contribution is 5.79. The Balaban J connectivity index is 1.26. The van der Waals surface area contributed by atoms with E-state index in [9.17, 15) is 0 Å². The Kier molecular flexibility index (Phi) is 5.56. The highest BCUT2D eigenvalue weighted by atomic mass is 16.7. The lowest BCUT2D eigenvalue weighted by atomic mass is 10.2. The van der Waals surface area contributed by atoms with Crippen LogP contribution in [-0.4, -0.2) is 39.2 Å². The number of hydrogen-bond acceptors (Lipinski definition) is 6. The third-order valence-corrected chi connectivity index (χ3v) is 4.21. The summed E-state index contributed by atoms with van der Waals surface area (Å²) in [4.78, 5) is 4.61. The Morgan fingerprint density at radius 2 is 1.64 bits per heavy atom. The van der Waals surface area contributed by atoms with Gasteiger partial charge >= 0.3 is 0 Å². The van der Waals surface area contributed by atoms with Crippen LogP contribution in [0.2, 0.25) is 0 Å². The van der Waals surface area contributed by atoms with Crippen molar-refractivity contribution in [3.63, 3.8) is 0 Å². The van der Waals surface area contributed by atoms with Crippen LogP contribution in [0.5, 0.6) is 28.7 Å². The maximum atomic E-state index is 5.76. The smallest absolute Gasteiger partial charge is 0.231 e. The van der Waals surface area contributed by atoms with E-state index in [2.05, 4.69) is 15.6 Å². The quantitative estimate of drug-likeness (QED) is 0.430. The minimum absolute atomic E-state index is 0.256. The molecule has 8 heteroatoms. The van der Waals surface area contributed by atoms with Crippen molar-refractivity contribution >= 4 is 5.96 Å². The van der Waals surface area contributed by atoms with Crippen LogP contribution in [0.3, 0.4) is 0 Å². The molecule has 0 aliphatic carbocycles. The molecule has 8 nitrogen and oxygen atoms in total. The number of benzene rings is 2. The van der Waals surface area contributed by atoms with Gasteiger partial charge < -0.3 is 34.3 Å². The van der Waals surface area contributed by atoms with Gasteiger partial charge in [-0.15, -0.1) is 0 Å². The number of ether oxygens (including phenoxy) is 5. The van der Waals surface area contributed by atoms with Crippen molar-refractivity contribution in [1.82, 2.24) is 10.6 Å². The van der Waals surface area contributed by atoms with Crippen LogP contribution in [-0.2, 0) is 6.54 Å². The van der Waals surface area contributed by atoms with Gasteiger partial charge in [-0.2, -0.15) is 0 Å². The summed E-state index contributed by atoms with van der Waals surface area (Å²) in [7, 11) is 0. The van der Waals surface area contributed by atoms with Crippen molar-refractivity contribution < 1.29 is 23.7 Å². The molecule has 0 aromatic heterocycles. The van der Waals surface area contributed by atoms with Crippen LogP contribution in [0.25, 0.3) is 0 Å². The summed E-state index contributed by atoms with van der Waals surface area (Å²) in [5.74, 6) is 4.48. The minimum atomic E-state index is 0.256. The van der Waals surface area contributed by atoms with Crippen molar-refractivity contribution in [2.75, 3.05) is 33.3 Å². The van der Waals surface area contributed by atoms with E-state index in [1.165, 1.54) is 0 Å². The molecule has 0 bridgehead atoms. The molecular weight excluding hydrogens is 362 g/mol. The standard InChI is InChI=1S/C20H23N3O5/c1-2-21-20(23-11-14-3-5-16-18(9-14)27-12-25-16)22-7-8-24-15-4-6-17-19(10-15)28-13-26-17/h3-6,9-10H,2,7-8,11-13H2,1H3,(H2,21,22,23). The molecule has 2 aromatic carbocycles. The average molecular weight is 385 g/mol. The SMILES string of the molecule is CCNC(=NCc1ccc2c(c1)OCO2)NCCOc1ccc2c(c1)OCO2. The number of aliphatic imine (C=N–C) groups is 1. The molecule has 2 aliphatic heterocycles. The predicted octanol–water partition coefficient (Wildman–Crippen LogP) is 2.28. The van der Waals surface area contributed by atoms with E-state index >= 15 is 0 Å². The fourth-order valence-corrected chi connectivity index (χ4v) is 2.86. The summed E-state index contributed by atoms with van der Waals surface area (Å²) in [5, 5.41) is 6.50. The lowest BCUT2D eigenvalue weighted by Gasteiger charge is -2.12. The van der Waals surface area contributed by atoms with Crippen LogP contribution in [0.1, 0.15) is 12.5 Å². The Bertz CT molecular complexity index is 856. The maximum absolute atomic E-state index is 5.76. The van der Waals surface area contributed by atoms with Gasteiger partial charge in [-0.3, -0.25) is 0 Å². The lowest BCUT2D eigenvalue weighted by molar-refractivity contribution is 0.173. The van der Waals surface area contributed by atoms with Gasteiger partial charge in [0.2, 0.25) is 13.6 Å². The number of fused-ring (bicyclic) bond motifs is 2. The van der Waals surface area contributed by atoms with E-state index in [0.29, 0.717) is 25.4 Å². The van der Waals surface area contributed by atoms with Crippen molar-refractivity contribution in [2.45, 2.75) is 13.5 Å². The highest BCUT2D eigenvalue weighted by Crippen LogP contribution is 2.35. The monoisotopic (exact) mass is 385 g/mol. The summed E-state index contributed by atoms with van der Waals surface area (Å²) >= 11 is 0. The second kappa shape index (κ2) is 8.60. The number of hydrogen-bond donors (Lipinski definition) is 2. The molecule has 4 rings (SSSR count). The fraction of sp³-hybridized carbons (Fsp3) is 0.350. The average Bonchev–Trinajstić information content (AvgIpc) is 3.37. The van der Waals surface area contributed by atoms with Gasteiger partial charge in [0, 0.05) is 12.6 Å². The van der Waals surface area contributed by atoms with Gasteiger partial charge in [-0.05, 0) is 36.8 Å². The largest absolute Gasteiger partial charge is 0.492 e. The molecule has 0 unspecified atom stereocenters. The summed E-state index contributed by atoms with van der Waals surface area (Å²) in [6.45, 7) is 4.98. The van der Waals surface area contributed by atoms with E-state index in [-0.39, 0.29) is 13.6 Å². The van der Waals surface area contributed by atoms with Crippen molar-refractivity contribution in [3.8, 4) is 28.7 Å². The van der Waals surface area contributed by atoms with Gasteiger partial charge in [0.05, 0.1) is 13.1 Å². The fourth-order valence-electron chi connectivity index (χ4n) is 2.86. The highest BCUT2D eigenvalue weighted by Gasteiger charge is 2.14. The Labute approximate surface area is 163 Å². The number of nitrogens with one attached hydrogen (secondary N) is 2. The third-order valence-electron chi connectivity index (χ3n) is 4.21. The molecular formula is C20H23N3O5. The van der Waals surface area contributed by atoms with E-state index in [1.54, 1.807) is 0 Å². The van der Waals surface area contributed by atoms with E-state index in [4.69, 9.17) is 23.7 Å². The normalized spacial score (nSPS) is 14.1. The van der Waals surface area contributed by atoms with Gasteiger partial charge in [0.25, 0.3) is 0 Å². The van der Waals surface area contributed by atoms with Crippen LogP contribution in [0.15, 0.2) is 41.4 Å². The Morgan fingerprint density at radius 1 is 0.929 bits per heavy atom. The zero-order valence-electron chi connectivity index (χ0n) is 15.7. The predicted molar refractivity (Wildman–Crippen MR) is 103 cm³/mol. The molecule has 0 saturated carbocycles. The molecule has 0 spiro atoms. The number of guanidine groups is 1. The van der Waals surface area contributed by atoms with Crippen LogP contribution < -0.4 is 34.3 Å². The molecule has 0 amide bonds. The first kappa shape index (κ1) is 18.1. The molecule has 2 N–H and O–H groups in total. The molecule has 148 valence electrons. The second-order valence-electron chi connectivity index (χ2n) is 6.17. The van der Waals surface area contributed by atoms with Crippen molar-refractivity contribution in [1.29, 1.82) is 0 Å². The second-order valence-corrected chi connectivity index (χ2v) is 6.17. The topological polar surface area (TPSA) is 82.6 Å². The molecule has 0 fully saturated rings. The summed E-state index contributed by atoms with van der Waals surface area (Å²) in [5.41, 5.74) is 1.05. The molecule has 2 heterocycles. The van der Waals surface area contributed by atoms with Crippen LogP contribution in [0.4, 0.5) is 0 Å². The van der Waals surface area contributed by atoms with Gasteiger partial charge in [-0.1, -0.05) is 6.07 Å². The lowest BCUT2D eigenvalue weighted by Crippen LogP contribution is -2.39. The van der Waals surface area contributed by atoms with Gasteiger partial charge in [0.1, 0.15) is 12.4 Å². The number of rotatable bonds is 7. The molecule has 28 heavy (non-hydrogen) atoms. The maximum Gasteiger partial charge on any atom is 0.231 e. The first-order valence-electron chi connectivity index (χ1n) is 9.25. The Hall–Kier alpha value is -3.29. The van der Waals surface area contributed by atoms with Crippen molar-refractivity contribution in [3.05, 3.63) is 42.0 Å². The molecule has 2 aliphatic rings. The summed E-state index contributed by atoms with van der Waals surface area (Å²) in [6.07, 6.45) is 0. The van der Waals surface area contributed by atoms with E-state index < -0.39 is 0 Å². The van der Waals surface area contributed by atoms with E-state index in [1.807, 2.05) is 43.3 Å².